The Morgan fingerprint density at radius 1 is 1.06 bits per heavy atom. The molecule has 1 aliphatic heterocycles. The zero-order valence-corrected chi connectivity index (χ0v) is 17.8. The maximum Gasteiger partial charge on any atom is 0.416 e. The van der Waals surface area contributed by atoms with E-state index in [9.17, 15) is 22.4 Å². The quantitative estimate of drug-likeness (QED) is 0.409. The lowest BCUT2D eigenvalue weighted by molar-refractivity contribution is -0.137. The largest absolute Gasteiger partial charge is 0.416 e. The van der Waals surface area contributed by atoms with Crippen LogP contribution in [0.5, 0.6) is 0 Å². The van der Waals surface area contributed by atoms with Crippen LogP contribution in [0.1, 0.15) is 27.9 Å². The predicted octanol–water partition coefficient (Wildman–Crippen LogP) is 4.53. The number of rotatable bonds is 4. The highest BCUT2D eigenvalue weighted by molar-refractivity contribution is 5.94. The third kappa shape index (κ3) is 4.04. The van der Waals surface area contributed by atoms with Crippen molar-refractivity contribution in [3.63, 3.8) is 0 Å². The molecule has 3 heterocycles. The maximum absolute atomic E-state index is 13.2. The molecular weight excluding hydrogens is 454 g/mol. The Bertz CT molecular complexity index is 1350. The highest BCUT2D eigenvalue weighted by Crippen LogP contribution is 2.33. The Morgan fingerprint density at radius 3 is 2.50 bits per heavy atom. The van der Waals surface area contributed by atoms with Gasteiger partial charge in [0.15, 0.2) is 0 Å². The molecule has 174 valence electrons. The molecule has 0 atom stereocenters. The summed E-state index contributed by atoms with van der Waals surface area (Å²) in [6.45, 7) is 0.639. The lowest BCUT2D eigenvalue weighted by atomic mass is 9.99. The number of amides is 1. The van der Waals surface area contributed by atoms with Gasteiger partial charge >= 0.3 is 6.18 Å². The number of carbonyl (C=O) groups is 1. The summed E-state index contributed by atoms with van der Waals surface area (Å²) in [5.41, 5.74) is 0.997. The molecule has 0 radical (unpaired) electrons. The molecule has 7 nitrogen and oxygen atoms in total. The van der Waals surface area contributed by atoms with Gasteiger partial charge in [-0.15, -0.1) is 0 Å². The molecule has 0 spiro atoms. The van der Waals surface area contributed by atoms with Crippen molar-refractivity contribution in [2.45, 2.75) is 12.1 Å². The minimum absolute atomic E-state index is 0.0569. The summed E-state index contributed by atoms with van der Waals surface area (Å²) in [6.07, 6.45) is -4.47. The van der Waals surface area contributed by atoms with Crippen LogP contribution < -0.4 is 0 Å². The van der Waals surface area contributed by atoms with Gasteiger partial charge in [0.05, 0.1) is 17.2 Å². The van der Waals surface area contributed by atoms with Crippen LogP contribution in [0.3, 0.4) is 0 Å². The second-order valence-corrected chi connectivity index (χ2v) is 7.99. The summed E-state index contributed by atoms with van der Waals surface area (Å²) >= 11 is 0. The van der Waals surface area contributed by atoms with E-state index in [1.807, 2.05) is 0 Å². The van der Waals surface area contributed by atoms with Crippen LogP contribution >= 0.6 is 0 Å². The van der Waals surface area contributed by atoms with E-state index in [1.54, 1.807) is 30.1 Å². The van der Waals surface area contributed by atoms with Gasteiger partial charge in [-0.1, -0.05) is 17.3 Å². The molecule has 2 aromatic carbocycles. The van der Waals surface area contributed by atoms with E-state index in [4.69, 9.17) is 4.52 Å². The summed E-state index contributed by atoms with van der Waals surface area (Å²) in [5.74, 6) is -0.507. The first-order valence-corrected chi connectivity index (χ1v) is 10.3. The molecule has 1 amide bonds. The topological polar surface area (TPSA) is 77.1 Å². The number of aryl methyl sites for hydroxylation is 1. The monoisotopic (exact) mass is 471 g/mol. The van der Waals surface area contributed by atoms with Gasteiger partial charge in [0, 0.05) is 31.3 Å². The Hall–Kier alpha value is -4.02. The van der Waals surface area contributed by atoms with Crippen molar-refractivity contribution in [1.29, 1.82) is 0 Å². The second kappa shape index (κ2) is 8.08. The van der Waals surface area contributed by atoms with Crippen LogP contribution in [0, 0.1) is 5.82 Å². The Morgan fingerprint density at radius 2 is 1.79 bits per heavy atom. The van der Waals surface area contributed by atoms with Gasteiger partial charge in [-0.05, 0) is 42.5 Å². The van der Waals surface area contributed by atoms with Gasteiger partial charge < -0.3 is 9.42 Å². The van der Waals surface area contributed by atoms with E-state index in [1.165, 1.54) is 28.9 Å². The van der Waals surface area contributed by atoms with Gasteiger partial charge in [-0.2, -0.15) is 23.3 Å². The smallest absolute Gasteiger partial charge is 0.339 e. The number of hydrogen-bond acceptors (Lipinski definition) is 5. The molecule has 1 aliphatic rings. The average Bonchev–Trinajstić information content (AvgIpc) is 3.40. The number of benzene rings is 2. The minimum Gasteiger partial charge on any atom is -0.339 e. The van der Waals surface area contributed by atoms with Crippen molar-refractivity contribution in [3.8, 4) is 22.6 Å². The van der Waals surface area contributed by atoms with Crippen molar-refractivity contribution in [1.82, 2.24) is 24.8 Å². The fourth-order valence-electron chi connectivity index (χ4n) is 3.74. The summed E-state index contributed by atoms with van der Waals surface area (Å²) < 4.78 is 58.8. The van der Waals surface area contributed by atoms with Gasteiger partial charge in [-0.3, -0.25) is 9.48 Å². The molecule has 0 N–H and O–H groups in total. The molecule has 5 rings (SSSR count). The molecule has 0 bridgehead atoms. The van der Waals surface area contributed by atoms with Gasteiger partial charge in [0.2, 0.25) is 11.7 Å². The fraction of sp³-hybridized carbons (Fsp3) is 0.217. The molecule has 0 aliphatic carbocycles. The van der Waals surface area contributed by atoms with E-state index in [2.05, 4.69) is 15.2 Å². The number of halogens is 4. The molecule has 1 saturated heterocycles. The molecular formula is C23H17F4N5O2. The van der Waals surface area contributed by atoms with Gasteiger partial charge in [-0.25, -0.2) is 4.39 Å². The number of hydrogen-bond donors (Lipinski definition) is 0. The van der Waals surface area contributed by atoms with Crippen molar-refractivity contribution in [2.24, 2.45) is 7.05 Å². The van der Waals surface area contributed by atoms with Crippen LogP contribution in [0.4, 0.5) is 17.6 Å². The van der Waals surface area contributed by atoms with Crippen molar-refractivity contribution in [3.05, 3.63) is 77.6 Å². The lowest BCUT2D eigenvalue weighted by Crippen LogP contribution is -2.49. The number of likely N-dealkylation sites (tertiary alicyclic amines) is 1. The SMILES string of the molecule is Cn1nc(-c2ccc(F)cc2)cc1C(=O)N1CC(c2nc(-c3cccc(C(F)(F)F)c3)no2)C1. The number of aromatic nitrogens is 4. The summed E-state index contributed by atoms with van der Waals surface area (Å²) in [7, 11) is 1.65. The zero-order chi connectivity index (χ0) is 24.0. The van der Waals surface area contributed by atoms with Crippen molar-refractivity contribution < 1.29 is 26.9 Å². The van der Waals surface area contributed by atoms with E-state index < -0.39 is 11.7 Å². The average molecular weight is 471 g/mol. The molecule has 0 unspecified atom stereocenters. The number of alkyl halides is 3. The van der Waals surface area contributed by atoms with Crippen molar-refractivity contribution >= 4 is 5.91 Å². The molecule has 34 heavy (non-hydrogen) atoms. The van der Waals surface area contributed by atoms with E-state index >= 15 is 0 Å². The lowest BCUT2D eigenvalue weighted by Gasteiger charge is -2.36. The first-order valence-electron chi connectivity index (χ1n) is 10.3. The van der Waals surface area contributed by atoms with Crippen LogP contribution in [0.25, 0.3) is 22.6 Å². The molecule has 1 fully saturated rings. The van der Waals surface area contributed by atoms with Crippen LogP contribution in [-0.2, 0) is 13.2 Å². The Labute approximate surface area is 190 Å². The van der Waals surface area contributed by atoms with Crippen molar-refractivity contribution in [2.75, 3.05) is 13.1 Å². The fourth-order valence-corrected chi connectivity index (χ4v) is 3.74. The Kier molecular flexibility index (Phi) is 5.18. The number of carbonyl (C=O) groups excluding carboxylic acids is 1. The first kappa shape index (κ1) is 21.8. The third-order valence-electron chi connectivity index (χ3n) is 5.65. The first-order chi connectivity index (χ1) is 16.2. The normalized spacial score (nSPS) is 14.3. The minimum atomic E-state index is -4.47. The van der Waals surface area contributed by atoms with Gasteiger partial charge in [0.25, 0.3) is 5.91 Å². The van der Waals surface area contributed by atoms with E-state index in [0.29, 0.717) is 30.0 Å². The highest BCUT2D eigenvalue weighted by atomic mass is 19.4. The highest BCUT2D eigenvalue weighted by Gasteiger charge is 2.37. The van der Waals surface area contributed by atoms with Crippen LogP contribution in [-0.4, -0.2) is 43.8 Å². The Balaban J connectivity index is 1.27. The molecule has 2 aromatic heterocycles. The molecule has 0 saturated carbocycles. The third-order valence-corrected chi connectivity index (χ3v) is 5.65. The van der Waals surface area contributed by atoms with E-state index in [0.717, 1.165) is 12.1 Å². The summed E-state index contributed by atoms with van der Waals surface area (Å²) in [6, 6.07) is 12.2. The van der Waals surface area contributed by atoms with Crippen LogP contribution in [0.2, 0.25) is 0 Å². The summed E-state index contributed by atoms with van der Waals surface area (Å²) in [4.78, 5) is 18.7. The zero-order valence-electron chi connectivity index (χ0n) is 17.8. The summed E-state index contributed by atoms with van der Waals surface area (Å²) in [5, 5.41) is 8.14. The van der Waals surface area contributed by atoms with Crippen LogP contribution in [0.15, 0.2) is 59.1 Å². The molecule has 4 aromatic rings. The maximum atomic E-state index is 13.2. The van der Waals surface area contributed by atoms with E-state index in [-0.39, 0.29) is 34.9 Å². The second-order valence-electron chi connectivity index (χ2n) is 7.99. The predicted molar refractivity (Wildman–Crippen MR) is 112 cm³/mol. The van der Waals surface area contributed by atoms with Gasteiger partial charge in [0.1, 0.15) is 11.5 Å². The number of nitrogens with zero attached hydrogens (tertiary/aromatic N) is 5. The standard InChI is InChI=1S/C23H17F4N5O2/c1-31-19(10-18(29-31)13-5-7-17(24)8-6-13)22(33)32-11-15(12-32)21-28-20(30-34-21)14-3-2-4-16(9-14)23(25,26)27/h2-10,15H,11-12H2,1H3. The molecule has 11 heteroatoms.